The molecule has 112 valence electrons. The second-order valence-electron chi connectivity index (χ2n) is 5.59. The molecule has 1 fully saturated rings. The quantitative estimate of drug-likeness (QED) is 0.905. The lowest BCUT2D eigenvalue weighted by atomic mass is 9.92. The average Bonchev–Trinajstić information content (AvgIpc) is 3.09. The van der Waals surface area contributed by atoms with Gasteiger partial charge in [-0.1, -0.05) is 5.21 Å². The van der Waals surface area contributed by atoms with Crippen LogP contribution in [0.4, 0.5) is 0 Å². The van der Waals surface area contributed by atoms with Crippen LogP contribution < -0.4 is 0 Å². The number of aromatic nitrogens is 3. The lowest BCUT2D eigenvalue weighted by Crippen LogP contribution is -2.52. The van der Waals surface area contributed by atoms with Crippen LogP contribution in [0.15, 0.2) is 29.1 Å². The molecule has 0 aliphatic carbocycles. The molecule has 0 saturated carbocycles. The van der Waals surface area contributed by atoms with Crippen LogP contribution in [0.1, 0.15) is 29.0 Å². The van der Waals surface area contributed by atoms with Crippen molar-refractivity contribution < 1.29 is 14.3 Å². The molecule has 1 atom stereocenters. The van der Waals surface area contributed by atoms with Crippen molar-refractivity contribution in [2.45, 2.75) is 31.9 Å². The van der Waals surface area contributed by atoms with Crippen molar-refractivity contribution in [2.75, 3.05) is 13.1 Å². The maximum absolute atomic E-state index is 12.5. The van der Waals surface area contributed by atoms with E-state index in [4.69, 9.17) is 4.42 Å². The molecule has 2 aromatic heterocycles. The largest absolute Gasteiger partial charge is 0.459 e. The highest BCUT2D eigenvalue weighted by atomic mass is 16.3. The molecule has 0 bridgehead atoms. The minimum Gasteiger partial charge on any atom is -0.459 e. The van der Waals surface area contributed by atoms with Crippen LogP contribution in [0.5, 0.6) is 0 Å². The molecule has 0 aromatic carbocycles. The first-order valence-electron chi connectivity index (χ1n) is 6.97. The molecule has 3 rings (SSSR count). The Balaban J connectivity index is 1.73. The Morgan fingerprint density at radius 3 is 3.10 bits per heavy atom. The molecule has 0 spiro atoms. The van der Waals surface area contributed by atoms with Gasteiger partial charge in [0, 0.05) is 18.3 Å². The zero-order chi connectivity index (χ0) is 14.9. The van der Waals surface area contributed by atoms with E-state index in [-0.39, 0.29) is 12.5 Å². The van der Waals surface area contributed by atoms with Crippen molar-refractivity contribution >= 4 is 5.91 Å². The Hall–Kier alpha value is -2.15. The fourth-order valence-electron chi connectivity index (χ4n) is 2.77. The number of piperidine rings is 1. The van der Waals surface area contributed by atoms with E-state index in [1.165, 1.54) is 6.26 Å². The number of furan rings is 1. The van der Waals surface area contributed by atoms with Gasteiger partial charge in [0.25, 0.3) is 5.91 Å². The average molecular weight is 290 g/mol. The van der Waals surface area contributed by atoms with Gasteiger partial charge >= 0.3 is 0 Å². The SMILES string of the molecule is Cc1ccoc1C(=O)N1CCCC(O)(Cn2ccnn2)C1. The molecule has 1 aliphatic heterocycles. The first kappa shape index (κ1) is 13.8. The van der Waals surface area contributed by atoms with Gasteiger partial charge in [-0.2, -0.15) is 0 Å². The zero-order valence-corrected chi connectivity index (χ0v) is 11.9. The van der Waals surface area contributed by atoms with Gasteiger partial charge in [0.2, 0.25) is 0 Å². The lowest BCUT2D eigenvalue weighted by molar-refractivity contribution is -0.0394. The van der Waals surface area contributed by atoms with Gasteiger partial charge in [-0.3, -0.25) is 4.79 Å². The zero-order valence-electron chi connectivity index (χ0n) is 11.9. The molecule has 1 amide bonds. The van der Waals surface area contributed by atoms with Gasteiger partial charge in [-0.25, -0.2) is 4.68 Å². The summed E-state index contributed by atoms with van der Waals surface area (Å²) in [6, 6.07) is 1.76. The van der Waals surface area contributed by atoms with Crippen molar-refractivity contribution in [3.05, 3.63) is 36.0 Å². The molecule has 7 nitrogen and oxygen atoms in total. The summed E-state index contributed by atoms with van der Waals surface area (Å²) in [4.78, 5) is 14.1. The predicted octanol–water partition coefficient (Wildman–Crippen LogP) is 0.847. The molecule has 1 unspecified atom stereocenters. The van der Waals surface area contributed by atoms with E-state index >= 15 is 0 Å². The highest BCUT2D eigenvalue weighted by molar-refractivity contribution is 5.93. The summed E-state index contributed by atoms with van der Waals surface area (Å²) in [5.41, 5.74) is -0.173. The molecule has 1 saturated heterocycles. The maximum Gasteiger partial charge on any atom is 0.289 e. The molecule has 2 aromatic rings. The number of nitrogens with zero attached hydrogens (tertiary/aromatic N) is 4. The molecule has 1 N–H and O–H groups in total. The monoisotopic (exact) mass is 290 g/mol. The van der Waals surface area contributed by atoms with E-state index < -0.39 is 5.60 Å². The molecule has 3 heterocycles. The number of β-amino-alcohol motifs (C(OH)–C–C–N with tert-alkyl or cyclic N) is 1. The first-order chi connectivity index (χ1) is 10.1. The number of hydrogen-bond donors (Lipinski definition) is 1. The van der Waals surface area contributed by atoms with Gasteiger partial charge in [0.05, 0.1) is 25.5 Å². The number of carbonyl (C=O) groups is 1. The predicted molar refractivity (Wildman–Crippen MR) is 73.6 cm³/mol. The summed E-state index contributed by atoms with van der Waals surface area (Å²) in [6.45, 7) is 3.06. The van der Waals surface area contributed by atoms with Crippen molar-refractivity contribution in [1.82, 2.24) is 19.9 Å². The van der Waals surface area contributed by atoms with Crippen LogP contribution >= 0.6 is 0 Å². The highest BCUT2D eigenvalue weighted by Crippen LogP contribution is 2.25. The molecular weight excluding hydrogens is 272 g/mol. The third kappa shape index (κ3) is 2.82. The summed E-state index contributed by atoms with van der Waals surface area (Å²) in [7, 11) is 0. The number of likely N-dealkylation sites (tertiary alicyclic amines) is 1. The van der Waals surface area contributed by atoms with Gasteiger partial charge in [-0.05, 0) is 25.8 Å². The summed E-state index contributed by atoms with van der Waals surface area (Å²) < 4.78 is 6.84. The van der Waals surface area contributed by atoms with E-state index in [0.717, 1.165) is 12.0 Å². The smallest absolute Gasteiger partial charge is 0.289 e. The second-order valence-corrected chi connectivity index (χ2v) is 5.59. The van der Waals surface area contributed by atoms with Crippen molar-refractivity contribution in [3.63, 3.8) is 0 Å². The van der Waals surface area contributed by atoms with Crippen LogP contribution in [0.3, 0.4) is 0 Å². The number of carbonyl (C=O) groups excluding carboxylic acids is 1. The van der Waals surface area contributed by atoms with Crippen LogP contribution in [0.2, 0.25) is 0 Å². The second kappa shape index (κ2) is 5.33. The Morgan fingerprint density at radius 1 is 1.57 bits per heavy atom. The summed E-state index contributed by atoms with van der Waals surface area (Å²) in [6.07, 6.45) is 6.16. The third-order valence-electron chi connectivity index (χ3n) is 3.83. The highest BCUT2D eigenvalue weighted by Gasteiger charge is 2.37. The van der Waals surface area contributed by atoms with Crippen LogP contribution in [0, 0.1) is 6.92 Å². The van der Waals surface area contributed by atoms with E-state index in [9.17, 15) is 9.90 Å². The summed E-state index contributed by atoms with van der Waals surface area (Å²) >= 11 is 0. The van der Waals surface area contributed by atoms with Crippen LogP contribution in [-0.2, 0) is 6.54 Å². The van der Waals surface area contributed by atoms with Crippen molar-refractivity contribution in [1.29, 1.82) is 0 Å². The minimum absolute atomic E-state index is 0.172. The lowest BCUT2D eigenvalue weighted by Gasteiger charge is -2.38. The molecule has 0 radical (unpaired) electrons. The Bertz CT molecular complexity index is 622. The third-order valence-corrected chi connectivity index (χ3v) is 3.83. The summed E-state index contributed by atoms with van der Waals surface area (Å²) in [5.74, 6) is 0.175. The van der Waals surface area contributed by atoms with Crippen molar-refractivity contribution in [3.8, 4) is 0 Å². The van der Waals surface area contributed by atoms with Crippen molar-refractivity contribution in [2.24, 2.45) is 0 Å². The Morgan fingerprint density at radius 2 is 2.43 bits per heavy atom. The van der Waals surface area contributed by atoms with E-state index in [2.05, 4.69) is 10.3 Å². The minimum atomic E-state index is -0.984. The summed E-state index contributed by atoms with van der Waals surface area (Å²) in [5, 5.41) is 18.3. The fourth-order valence-corrected chi connectivity index (χ4v) is 2.77. The number of rotatable bonds is 3. The molecule has 21 heavy (non-hydrogen) atoms. The molecule has 1 aliphatic rings. The van der Waals surface area contributed by atoms with Crippen LogP contribution in [-0.4, -0.2) is 49.6 Å². The van der Waals surface area contributed by atoms with Gasteiger partial charge in [0.1, 0.15) is 5.60 Å². The topological polar surface area (TPSA) is 84.4 Å². The fraction of sp³-hybridized carbons (Fsp3) is 0.500. The van der Waals surface area contributed by atoms with Gasteiger partial charge < -0.3 is 14.4 Å². The normalized spacial score (nSPS) is 22.5. The first-order valence-corrected chi connectivity index (χ1v) is 6.97. The van der Waals surface area contributed by atoms with Gasteiger partial charge in [0.15, 0.2) is 5.76 Å². The van der Waals surface area contributed by atoms with E-state index in [1.807, 2.05) is 6.92 Å². The number of aliphatic hydroxyl groups is 1. The van der Waals surface area contributed by atoms with Crippen LogP contribution in [0.25, 0.3) is 0 Å². The molecular formula is C14H18N4O3. The van der Waals surface area contributed by atoms with E-state index in [1.54, 1.807) is 28.0 Å². The number of aryl methyl sites for hydroxylation is 1. The van der Waals surface area contributed by atoms with Gasteiger partial charge in [-0.15, -0.1) is 5.10 Å². The number of amides is 1. The van der Waals surface area contributed by atoms with E-state index in [0.29, 0.717) is 25.3 Å². The Kier molecular flexibility index (Phi) is 3.50. The molecule has 7 heteroatoms. The standard InChI is InChI=1S/C14H18N4O3/c1-11-3-8-21-12(11)13(19)17-6-2-4-14(20,9-17)10-18-7-5-15-16-18/h3,5,7-8,20H,2,4,6,9-10H2,1H3. The maximum atomic E-state index is 12.5. The number of hydrogen-bond acceptors (Lipinski definition) is 5. The Labute approximate surface area is 122 Å².